The molecule has 5 nitrogen and oxygen atoms in total. The molecule has 0 saturated carbocycles. The highest BCUT2D eigenvalue weighted by atomic mass is 16.3. The predicted octanol–water partition coefficient (Wildman–Crippen LogP) is 3.19. The molecule has 0 fully saturated rings. The highest BCUT2D eigenvalue weighted by Crippen LogP contribution is 2.34. The molecule has 0 aromatic heterocycles. The molecule has 2 N–H and O–H groups in total. The van der Waals surface area contributed by atoms with E-state index >= 15 is 0 Å². The van der Waals surface area contributed by atoms with Crippen LogP contribution in [-0.4, -0.2) is 27.3 Å². The third-order valence-corrected chi connectivity index (χ3v) is 4.37. The van der Waals surface area contributed by atoms with Gasteiger partial charge in [-0.2, -0.15) is 0 Å². The number of rotatable bonds is 3. The molecule has 3 rings (SSSR count). The molecule has 5 heteroatoms. The lowest BCUT2D eigenvalue weighted by Gasteiger charge is -2.18. The Balaban J connectivity index is 1.91. The van der Waals surface area contributed by atoms with Gasteiger partial charge in [-0.25, -0.2) is 0 Å². The SMILES string of the molecule is CC(C)c1cc(C(=O)N2Cc3ccc(C=O)cc3C2)c(O)cc1O. The summed E-state index contributed by atoms with van der Waals surface area (Å²) in [4.78, 5) is 25.3. The number of benzene rings is 2. The second-order valence-corrected chi connectivity index (χ2v) is 6.39. The van der Waals surface area contributed by atoms with Crippen LogP contribution in [0.15, 0.2) is 30.3 Å². The number of fused-ring (bicyclic) bond motifs is 1. The maximum absolute atomic E-state index is 12.8. The maximum atomic E-state index is 12.8. The van der Waals surface area contributed by atoms with Crippen LogP contribution in [-0.2, 0) is 13.1 Å². The van der Waals surface area contributed by atoms with Crippen molar-refractivity contribution in [2.75, 3.05) is 0 Å². The van der Waals surface area contributed by atoms with Crippen LogP contribution in [0.5, 0.6) is 11.5 Å². The second-order valence-electron chi connectivity index (χ2n) is 6.39. The van der Waals surface area contributed by atoms with Crippen molar-refractivity contribution in [3.8, 4) is 11.5 Å². The minimum absolute atomic E-state index is 0.0145. The van der Waals surface area contributed by atoms with E-state index in [1.54, 1.807) is 23.1 Å². The third kappa shape index (κ3) is 2.73. The van der Waals surface area contributed by atoms with E-state index in [-0.39, 0.29) is 28.9 Å². The maximum Gasteiger partial charge on any atom is 0.258 e. The lowest BCUT2D eigenvalue weighted by atomic mass is 9.98. The highest BCUT2D eigenvalue weighted by Gasteiger charge is 2.27. The van der Waals surface area contributed by atoms with Crippen molar-refractivity contribution in [3.05, 3.63) is 58.1 Å². The summed E-state index contributed by atoms with van der Waals surface area (Å²) < 4.78 is 0. The lowest BCUT2D eigenvalue weighted by Crippen LogP contribution is -2.25. The molecule has 0 aliphatic carbocycles. The Kier molecular flexibility index (Phi) is 4.01. The topological polar surface area (TPSA) is 77.8 Å². The minimum Gasteiger partial charge on any atom is -0.508 e. The fraction of sp³-hybridized carbons (Fsp3) is 0.263. The number of hydrogen-bond donors (Lipinski definition) is 2. The number of phenolic OH excluding ortho intramolecular Hbond substituents is 2. The van der Waals surface area contributed by atoms with Gasteiger partial charge in [0.15, 0.2) is 0 Å². The Bertz CT molecular complexity index is 826. The number of hydrogen-bond acceptors (Lipinski definition) is 4. The fourth-order valence-corrected chi connectivity index (χ4v) is 3.03. The van der Waals surface area contributed by atoms with Crippen LogP contribution in [0.4, 0.5) is 0 Å². The van der Waals surface area contributed by atoms with Crippen molar-refractivity contribution in [3.63, 3.8) is 0 Å². The van der Waals surface area contributed by atoms with Crippen molar-refractivity contribution in [1.82, 2.24) is 4.90 Å². The first-order chi connectivity index (χ1) is 11.4. The molecule has 24 heavy (non-hydrogen) atoms. The van der Waals surface area contributed by atoms with Crippen molar-refractivity contribution >= 4 is 12.2 Å². The first-order valence-electron chi connectivity index (χ1n) is 7.82. The molecule has 1 aliphatic rings. The van der Waals surface area contributed by atoms with Crippen molar-refractivity contribution < 1.29 is 19.8 Å². The van der Waals surface area contributed by atoms with E-state index in [0.717, 1.165) is 17.4 Å². The van der Waals surface area contributed by atoms with E-state index in [4.69, 9.17) is 0 Å². The molecule has 0 radical (unpaired) electrons. The number of nitrogens with zero attached hydrogens (tertiary/aromatic N) is 1. The number of carbonyl (C=O) groups excluding carboxylic acids is 2. The third-order valence-electron chi connectivity index (χ3n) is 4.37. The molecular formula is C19H19NO4. The molecule has 0 atom stereocenters. The zero-order chi connectivity index (χ0) is 17.4. The van der Waals surface area contributed by atoms with E-state index in [2.05, 4.69) is 0 Å². The Labute approximate surface area is 140 Å². The van der Waals surface area contributed by atoms with Gasteiger partial charge in [0.2, 0.25) is 0 Å². The highest BCUT2D eigenvalue weighted by molar-refractivity contribution is 5.97. The standard InChI is InChI=1S/C19H19NO4/c1-11(2)15-6-16(18(23)7-17(15)22)19(24)20-8-13-4-3-12(10-21)5-14(13)9-20/h3-7,10-11,22-23H,8-9H2,1-2H3. The summed E-state index contributed by atoms with van der Waals surface area (Å²) in [5, 5.41) is 20.0. The van der Waals surface area contributed by atoms with Gasteiger partial charge in [-0.3, -0.25) is 9.59 Å². The lowest BCUT2D eigenvalue weighted by molar-refractivity contribution is 0.0748. The summed E-state index contributed by atoms with van der Waals surface area (Å²) in [6.07, 6.45) is 0.783. The fourth-order valence-electron chi connectivity index (χ4n) is 3.03. The molecule has 2 aromatic carbocycles. The molecule has 0 spiro atoms. The number of amides is 1. The van der Waals surface area contributed by atoms with Crippen molar-refractivity contribution in [2.45, 2.75) is 32.9 Å². The van der Waals surface area contributed by atoms with Gasteiger partial charge in [-0.1, -0.05) is 26.0 Å². The molecule has 1 amide bonds. The van der Waals surface area contributed by atoms with Crippen LogP contribution in [0, 0.1) is 0 Å². The number of aromatic hydroxyl groups is 2. The van der Waals surface area contributed by atoms with E-state index in [1.165, 1.54) is 6.07 Å². The van der Waals surface area contributed by atoms with Gasteiger partial charge in [0.05, 0.1) is 5.56 Å². The van der Waals surface area contributed by atoms with Crippen LogP contribution < -0.4 is 0 Å². The molecule has 1 heterocycles. The summed E-state index contributed by atoms with van der Waals surface area (Å²) >= 11 is 0. The summed E-state index contributed by atoms with van der Waals surface area (Å²) in [7, 11) is 0. The van der Waals surface area contributed by atoms with Crippen molar-refractivity contribution in [1.29, 1.82) is 0 Å². The monoisotopic (exact) mass is 325 g/mol. The molecule has 124 valence electrons. The number of aldehydes is 1. The Morgan fingerprint density at radius 3 is 2.46 bits per heavy atom. The van der Waals surface area contributed by atoms with E-state index in [9.17, 15) is 19.8 Å². The molecule has 0 saturated heterocycles. The second kappa shape index (κ2) is 6.00. The quantitative estimate of drug-likeness (QED) is 0.850. The average molecular weight is 325 g/mol. The van der Waals surface area contributed by atoms with Crippen LogP contribution in [0.1, 0.15) is 57.2 Å². The van der Waals surface area contributed by atoms with Gasteiger partial charge < -0.3 is 15.1 Å². The van der Waals surface area contributed by atoms with E-state index in [0.29, 0.717) is 24.2 Å². The summed E-state index contributed by atoms with van der Waals surface area (Å²) in [6.45, 7) is 4.65. The van der Waals surface area contributed by atoms with Gasteiger partial charge in [0, 0.05) is 24.7 Å². The first-order valence-corrected chi connectivity index (χ1v) is 7.82. The van der Waals surface area contributed by atoms with Crippen molar-refractivity contribution in [2.24, 2.45) is 0 Å². The van der Waals surface area contributed by atoms with E-state index < -0.39 is 0 Å². The summed E-state index contributed by atoms with van der Waals surface area (Å²) in [6, 6.07) is 8.14. The molecular weight excluding hydrogens is 306 g/mol. The van der Waals surface area contributed by atoms with Gasteiger partial charge in [-0.15, -0.1) is 0 Å². The minimum atomic E-state index is -0.293. The Morgan fingerprint density at radius 2 is 1.79 bits per heavy atom. The predicted molar refractivity (Wildman–Crippen MR) is 89.3 cm³/mol. The summed E-state index contributed by atoms with van der Waals surface area (Å²) in [5.74, 6) is -0.507. The first kappa shape index (κ1) is 16.1. The Morgan fingerprint density at radius 1 is 1.08 bits per heavy atom. The van der Waals surface area contributed by atoms with Gasteiger partial charge in [0.25, 0.3) is 5.91 Å². The van der Waals surface area contributed by atoms with Crippen LogP contribution >= 0.6 is 0 Å². The zero-order valence-electron chi connectivity index (χ0n) is 13.6. The van der Waals surface area contributed by atoms with Crippen LogP contribution in [0.3, 0.4) is 0 Å². The van der Waals surface area contributed by atoms with Crippen LogP contribution in [0.2, 0.25) is 0 Å². The number of carbonyl (C=O) groups is 2. The Hall–Kier alpha value is -2.82. The zero-order valence-corrected chi connectivity index (χ0v) is 13.6. The average Bonchev–Trinajstić information content (AvgIpc) is 2.96. The largest absolute Gasteiger partial charge is 0.508 e. The molecule has 0 unspecified atom stereocenters. The number of phenols is 2. The molecule has 0 bridgehead atoms. The van der Waals surface area contributed by atoms with Gasteiger partial charge >= 0.3 is 0 Å². The van der Waals surface area contributed by atoms with Crippen LogP contribution in [0.25, 0.3) is 0 Å². The van der Waals surface area contributed by atoms with Gasteiger partial charge in [0.1, 0.15) is 17.8 Å². The van der Waals surface area contributed by atoms with E-state index in [1.807, 2.05) is 19.9 Å². The summed E-state index contributed by atoms with van der Waals surface area (Å²) in [5.41, 5.74) is 3.32. The molecule has 2 aromatic rings. The smallest absolute Gasteiger partial charge is 0.258 e. The normalized spacial score (nSPS) is 13.2. The van der Waals surface area contributed by atoms with Gasteiger partial charge in [-0.05, 0) is 34.7 Å². The molecule has 1 aliphatic heterocycles.